The molecule has 0 aliphatic heterocycles. The first-order chi connectivity index (χ1) is 8.26. The molecule has 5 heteroatoms. The summed E-state index contributed by atoms with van der Waals surface area (Å²) in [6, 6.07) is 0. The average molecular weight is 239 g/mol. The van der Waals surface area contributed by atoms with Gasteiger partial charge in [-0.25, -0.2) is 0 Å². The van der Waals surface area contributed by atoms with Gasteiger partial charge < -0.3 is 10.1 Å². The summed E-state index contributed by atoms with van der Waals surface area (Å²) in [5, 5.41) is 7.43. The second-order valence-corrected chi connectivity index (χ2v) is 3.84. The zero-order valence-corrected chi connectivity index (χ0v) is 10.6. The second-order valence-electron chi connectivity index (χ2n) is 3.84. The van der Waals surface area contributed by atoms with Crippen LogP contribution >= 0.6 is 0 Å². The molecule has 0 spiro atoms. The van der Waals surface area contributed by atoms with Crippen LogP contribution in [0.5, 0.6) is 0 Å². The van der Waals surface area contributed by atoms with Gasteiger partial charge in [-0.1, -0.05) is 6.92 Å². The smallest absolute Gasteiger partial charge is 0.307 e. The van der Waals surface area contributed by atoms with Crippen molar-refractivity contribution in [1.29, 1.82) is 0 Å². The fourth-order valence-corrected chi connectivity index (χ4v) is 1.51. The zero-order chi connectivity index (χ0) is 12.5. The molecule has 17 heavy (non-hydrogen) atoms. The summed E-state index contributed by atoms with van der Waals surface area (Å²) in [6.45, 7) is 6.71. The SMILES string of the molecule is CCCn1cc(CNCCC(=O)OCC)cn1. The molecule has 0 unspecified atom stereocenters. The number of hydrogen-bond donors (Lipinski definition) is 1. The third-order valence-corrected chi connectivity index (χ3v) is 2.28. The predicted octanol–water partition coefficient (Wildman–Crippen LogP) is 1.34. The molecule has 0 radical (unpaired) electrons. The maximum Gasteiger partial charge on any atom is 0.307 e. The Morgan fingerprint density at radius 2 is 2.35 bits per heavy atom. The molecule has 1 aromatic heterocycles. The monoisotopic (exact) mass is 239 g/mol. The van der Waals surface area contributed by atoms with E-state index in [0.29, 0.717) is 19.6 Å². The van der Waals surface area contributed by atoms with Crippen LogP contribution in [0.3, 0.4) is 0 Å². The van der Waals surface area contributed by atoms with Crippen LogP contribution < -0.4 is 5.32 Å². The van der Waals surface area contributed by atoms with Crippen LogP contribution in [0.4, 0.5) is 0 Å². The van der Waals surface area contributed by atoms with Crippen molar-refractivity contribution >= 4 is 5.97 Å². The van der Waals surface area contributed by atoms with Gasteiger partial charge in [0.1, 0.15) is 0 Å². The van der Waals surface area contributed by atoms with Crippen LogP contribution in [0.2, 0.25) is 0 Å². The lowest BCUT2D eigenvalue weighted by Crippen LogP contribution is -2.18. The minimum absolute atomic E-state index is 0.151. The lowest BCUT2D eigenvalue weighted by atomic mass is 10.3. The van der Waals surface area contributed by atoms with Crippen LogP contribution in [0.1, 0.15) is 32.3 Å². The maximum atomic E-state index is 11.1. The van der Waals surface area contributed by atoms with Gasteiger partial charge >= 0.3 is 5.97 Å². The Labute approximate surface area is 102 Å². The van der Waals surface area contributed by atoms with E-state index >= 15 is 0 Å². The van der Waals surface area contributed by atoms with Crippen molar-refractivity contribution in [2.24, 2.45) is 0 Å². The van der Waals surface area contributed by atoms with E-state index in [9.17, 15) is 4.79 Å². The first-order valence-corrected chi connectivity index (χ1v) is 6.14. The summed E-state index contributed by atoms with van der Waals surface area (Å²) in [6.07, 6.45) is 5.38. The standard InChI is InChI=1S/C12H21N3O2/c1-3-7-15-10-11(9-14-15)8-13-6-5-12(16)17-4-2/h9-10,13H,3-8H2,1-2H3. The molecule has 5 nitrogen and oxygen atoms in total. The van der Waals surface area contributed by atoms with Gasteiger partial charge in [-0.2, -0.15) is 5.10 Å². The van der Waals surface area contributed by atoms with E-state index in [2.05, 4.69) is 17.3 Å². The first-order valence-electron chi connectivity index (χ1n) is 6.14. The fraction of sp³-hybridized carbons (Fsp3) is 0.667. The Morgan fingerprint density at radius 3 is 3.06 bits per heavy atom. The molecule has 0 aliphatic rings. The molecule has 0 aliphatic carbocycles. The Balaban J connectivity index is 2.15. The summed E-state index contributed by atoms with van der Waals surface area (Å²) in [5.74, 6) is -0.151. The van der Waals surface area contributed by atoms with Crippen molar-refractivity contribution in [3.8, 4) is 0 Å². The van der Waals surface area contributed by atoms with E-state index in [1.807, 2.05) is 24.0 Å². The number of carbonyl (C=O) groups excluding carboxylic acids is 1. The summed E-state index contributed by atoms with van der Waals surface area (Å²) in [5.41, 5.74) is 1.14. The molecule has 1 rings (SSSR count). The van der Waals surface area contributed by atoms with E-state index in [-0.39, 0.29) is 5.97 Å². The third-order valence-electron chi connectivity index (χ3n) is 2.28. The van der Waals surface area contributed by atoms with Gasteiger partial charge in [-0.3, -0.25) is 9.48 Å². The second kappa shape index (κ2) is 7.84. The molecule has 1 N–H and O–H groups in total. The highest BCUT2D eigenvalue weighted by molar-refractivity contribution is 5.69. The van der Waals surface area contributed by atoms with Gasteiger partial charge in [0.25, 0.3) is 0 Å². The lowest BCUT2D eigenvalue weighted by molar-refractivity contribution is -0.142. The largest absolute Gasteiger partial charge is 0.466 e. The van der Waals surface area contributed by atoms with Gasteiger partial charge in [-0.05, 0) is 13.3 Å². The number of rotatable bonds is 8. The molecule has 0 saturated carbocycles. The number of nitrogens with zero attached hydrogens (tertiary/aromatic N) is 2. The lowest BCUT2D eigenvalue weighted by Gasteiger charge is -2.03. The number of ether oxygens (including phenoxy) is 1. The molecule has 1 heterocycles. The van der Waals surface area contributed by atoms with Gasteiger partial charge in [-0.15, -0.1) is 0 Å². The molecular weight excluding hydrogens is 218 g/mol. The van der Waals surface area contributed by atoms with Crippen molar-refractivity contribution in [2.75, 3.05) is 13.2 Å². The van der Waals surface area contributed by atoms with Crippen LogP contribution in [0.15, 0.2) is 12.4 Å². The Bertz CT molecular complexity index is 336. The van der Waals surface area contributed by atoms with E-state index in [0.717, 1.165) is 25.1 Å². The van der Waals surface area contributed by atoms with E-state index < -0.39 is 0 Å². The number of hydrogen-bond acceptors (Lipinski definition) is 4. The number of carbonyl (C=O) groups is 1. The van der Waals surface area contributed by atoms with Crippen LogP contribution in [0, 0.1) is 0 Å². The Morgan fingerprint density at radius 1 is 1.53 bits per heavy atom. The van der Waals surface area contributed by atoms with Crippen molar-refractivity contribution in [2.45, 2.75) is 39.8 Å². The third kappa shape index (κ3) is 5.49. The predicted molar refractivity (Wildman–Crippen MR) is 65.5 cm³/mol. The van der Waals surface area contributed by atoms with Crippen LogP contribution in [-0.2, 0) is 22.6 Å². The zero-order valence-electron chi connectivity index (χ0n) is 10.6. The molecule has 0 amide bonds. The highest BCUT2D eigenvalue weighted by Gasteiger charge is 2.01. The van der Waals surface area contributed by atoms with Gasteiger partial charge in [0.2, 0.25) is 0 Å². The summed E-state index contributed by atoms with van der Waals surface area (Å²) in [4.78, 5) is 11.1. The molecule has 1 aromatic rings. The molecule has 0 saturated heterocycles. The number of nitrogens with one attached hydrogen (secondary N) is 1. The average Bonchev–Trinajstić information content (AvgIpc) is 2.73. The first kappa shape index (κ1) is 13.7. The molecule has 0 fully saturated rings. The topological polar surface area (TPSA) is 56.2 Å². The highest BCUT2D eigenvalue weighted by Crippen LogP contribution is 1.98. The minimum atomic E-state index is -0.151. The van der Waals surface area contributed by atoms with E-state index in [1.165, 1.54) is 0 Å². The summed E-state index contributed by atoms with van der Waals surface area (Å²) in [7, 11) is 0. The van der Waals surface area contributed by atoms with Gasteiger partial charge in [0.05, 0.1) is 19.2 Å². The van der Waals surface area contributed by atoms with Crippen molar-refractivity contribution < 1.29 is 9.53 Å². The molecular formula is C12H21N3O2. The fourth-order valence-electron chi connectivity index (χ4n) is 1.51. The van der Waals surface area contributed by atoms with E-state index in [1.54, 1.807) is 0 Å². The van der Waals surface area contributed by atoms with Gasteiger partial charge in [0.15, 0.2) is 0 Å². The van der Waals surface area contributed by atoms with Gasteiger partial charge in [0, 0.05) is 31.4 Å². The Kier molecular flexibility index (Phi) is 6.32. The number of aromatic nitrogens is 2. The maximum absolute atomic E-state index is 11.1. The van der Waals surface area contributed by atoms with E-state index in [4.69, 9.17) is 4.74 Å². The van der Waals surface area contributed by atoms with Crippen LogP contribution in [0.25, 0.3) is 0 Å². The summed E-state index contributed by atoms with van der Waals surface area (Å²) >= 11 is 0. The quantitative estimate of drug-likeness (QED) is 0.549. The number of aryl methyl sites for hydroxylation is 1. The number of esters is 1. The van der Waals surface area contributed by atoms with Crippen molar-refractivity contribution in [1.82, 2.24) is 15.1 Å². The molecule has 0 aromatic carbocycles. The Hall–Kier alpha value is -1.36. The van der Waals surface area contributed by atoms with Crippen LogP contribution in [-0.4, -0.2) is 28.9 Å². The molecule has 0 bridgehead atoms. The minimum Gasteiger partial charge on any atom is -0.466 e. The normalized spacial score (nSPS) is 10.5. The highest BCUT2D eigenvalue weighted by atomic mass is 16.5. The summed E-state index contributed by atoms with van der Waals surface area (Å²) < 4.78 is 6.77. The molecule has 96 valence electrons. The van der Waals surface area contributed by atoms with Crippen molar-refractivity contribution in [3.05, 3.63) is 18.0 Å². The molecule has 0 atom stereocenters. The van der Waals surface area contributed by atoms with Crippen molar-refractivity contribution in [3.63, 3.8) is 0 Å².